The first kappa shape index (κ1) is 21.5. The monoisotopic (exact) mass is 458 g/mol. The SMILES string of the molecule is CC1(C)COc2cc(-c3ccc(F)cc3Cl)ccc2C1NC(=O)O[C@H]1CN2CCC1CC2. The summed E-state index contributed by atoms with van der Waals surface area (Å²) >= 11 is 6.25. The molecule has 1 unspecified atom stereocenters. The molecule has 6 rings (SSSR count). The van der Waals surface area contributed by atoms with Crippen LogP contribution in [-0.4, -0.2) is 43.3 Å². The van der Waals surface area contributed by atoms with Crippen molar-refractivity contribution in [3.8, 4) is 16.9 Å². The third-order valence-electron chi connectivity index (χ3n) is 7.06. The third kappa shape index (κ3) is 4.06. The van der Waals surface area contributed by atoms with Gasteiger partial charge < -0.3 is 14.8 Å². The molecule has 2 aromatic carbocycles. The summed E-state index contributed by atoms with van der Waals surface area (Å²) in [4.78, 5) is 15.2. The van der Waals surface area contributed by atoms with Crippen LogP contribution in [0.15, 0.2) is 36.4 Å². The number of piperidine rings is 3. The molecule has 7 heteroatoms. The zero-order chi connectivity index (χ0) is 22.5. The first-order valence-corrected chi connectivity index (χ1v) is 11.6. The number of halogens is 2. The zero-order valence-electron chi connectivity index (χ0n) is 18.4. The van der Waals surface area contributed by atoms with Crippen molar-refractivity contribution in [3.05, 3.63) is 52.8 Å². The number of carbonyl (C=O) groups excluding carboxylic acids is 1. The first-order chi connectivity index (χ1) is 15.3. The van der Waals surface area contributed by atoms with Crippen LogP contribution in [0.4, 0.5) is 9.18 Å². The number of amides is 1. The molecule has 2 atom stereocenters. The van der Waals surface area contributed by atoms with Gasteiger partial charge in [0.05, 0.1) is 17.7 Å². The van der Waals surface area contributed by atoms with E-state index < -0.39 is 0 Å². The summed E-state index contributed by atoms with van der Waals surface area (Å²) in [5, 5.41) is 3.46. The topological polar surface area (TPSA) is 50.8 Å². The summed E-state index contributed by atoms with van der Waals surface area (Å²) in [5.74, 6) is 0.777. The molecule has 0 saturated carbocycles. The minimum atomic E-state index is -0.375. The molecule has 4 aliphatic heterocycles. The number of nitrogens with zero attached hydrogens (tertiary/aromatic N) is 1. The van der Waals surface area contributed by atoms with E-state index in [-0.39, 0.29) is 29.5 Å². The van der Waals surface area contributed by atoms with Crippen molar-refractivity contribution in [3.63, 3.8) is 0 Å². The number of nitrogens with one attached hydrogen (secondary N) is 1. The molecule has 3 fully saturated rings. The smallest absolute Gasteiger partial charge is 0.407 e. The Morgan fingerprint density at radius 2 is 2.00 bits per heavy atom. The van der Waals surface area contributed by atoms with E-state index in [1.54, 1.807) is 6.07 Å². The Balaban J connectivity index is 1.36. The van der Waals surface area contributed by atoms with Gasteiger partial charge in [0.1, 0.15) is 17.7 Å². The normalized spacial score (nSPS) is 27.9. The molecule has 170 valence electrons. The van der Waals surface area contributed by atoms with Crippen molar-refractivity contribution < 1.29 is 18.7 Å². The number of fused-ring (bicyclic) bond motifs is 4. The van der Waals surface area contributed by atoms with Crippen LogP contribution in [0.25, 0.3) is 11.1 Å². The Kier molecular flexibility index (Phi) is 5.54. The number of hydrogen-bond donors (Lipinski definition) is 1. The number of carbonyl (C=O) groups is 1. The van der Waals surface area contributed by atoms with Crippen molar-refractivity contribution in [2.75, 3.05) is 26.2 Å². The second-order valence-electron chi connectivity index (χ2n) is 9.81. The zero-order valence-corrected chi connectivity index (χ0v) is 19.1. The van der Waals surface area contributed by atoms with Crippen LogP contribution in [0.5, 0.6) is 5.75 Å². The second kappa shape index (κ2) is 8.23. The third-order valence-corrected chi connectivity index (χ3v) is 7.38. The highest BCUT2D eigenvalue weighted by atomic mass is 35.5. The number of alkyl carbamates (subject to hydrolysis) is 1. The van der Waals surface area contributed by atoms with Crippen LogP contribution in [0.1, 0.15) is 38.3 Å². The van der Waals surface area contributed by atoms with E-state index in [9.17, 15) is 9.18 Å². The molecular formula is C25H28ClFN2O3. The largest absolute Gasteiger partial charge is 0.493 e. The maximum atomic E-state index is 13.4. The van der Waals surface area contributed by atoms with Gasteiger partial charge in [0.15, 0.2) is 0 Å². The van der Waals surface area contributed by atoms with E-state index in [0.717, 1.165) is 49.2 Å². The van der Waals surface area contributed by atoms with Gasteiger partial charge in [0, 0.05) is 23.1 Å². The maximum absolute atomic E-state index is 13.4. The Labute approximate surface area is 192 Å². The first-order valence-electron chi connectivity index (χ1n) is 11.2. The van der Waals surface area contributed by atoms with E-state index in [1.807, 2.05) is 18.2 Å². The fourth-order valence-electron chi connectivity index (χ4n) is 5.16. The van der Waals surface area contributed by atoms with Gasteiger partial charge in [-0.3, -0.25) is 4.90 Å². The fraction of sp³-hybridized carbons (Fsp3) is 0.480. The molecule has 32 heavy (non-hydrogen) atoms. The average Bonchev–Trinajstić information content (AvgIpc) is 2.76. The summed E-state index contributed by atoms with van der Waals surface area (Å²) in [6.07, 6.45) is 1.78. The predicted molar refractivity (Wildman–Crippen MR) is 121 cm³/mol. The fourth-order valence-corrected chi connectivity index (χ4v) is 5.44. The molecule has 0 spiro atoms. The van der Waals surface area contributed by atoms with Crippen LogP contribution in [0, 0.1) is 17.2 Å². The minimum Gasteiger partial charge on any atom is -0.493 e. The summed E-state index contributed by atoms with van der Waals surface area (Å²) in [6.45, 7) is 7.62. The van der Waals surface area contributed by atoms with Gasteiger partial charge in [-0.1, -0.05) is 37.6 Å². The van der Waals surface area contributed by atoms with Crippen molar-refractivity contribution >= 4 is 17.7 Å². The second-order valence-corrected chi connectivity index (χ2v) is 10.2. The molecule has 3 saturated heterocycles. The molecule has 0 radical (unpaired) electrons. The van der Waals surface area contributed by atoms with E-state index in [1.165, 1.54) is 12.1 Å². The van der Waals surface area contributed by atoms with Crippen LogP contribution in [0.2, 0.25) is 5.02 Å². The molecule has 4 aliphatic rings. The summed E-state index contributed by atoms with van der Waals surface area (Å²) in [6, 6.07) is 9.87. The predicted octanol–water partition coefficient (Wildman–Crippen LogP) is 5.43. The van der Waals surface area contributed by atoms with Crippen LogP contribution in [0.3, 0.4) is 0 Å². The summed E-state index contributed by atoms with van der Waals surface area (Å²) in [5.41, 5.74) is 2.16. The molecule has 0 aromatic heterocycles. The quantitative estimate of drug-likeness (QED) is 0.666. The average molecular weight is 459 g/mol. The van der Waals surface area contributed by atoms with Gasteiger partial charge in [-0.05, 0) is 61.7 Å². The molecule has 5 nitrogen and oxygen atoms in total. The van der Waals surface area contributed by atoms with Crippen LogP contribution < -0.4 is 10.1 Å². The van der Waals surface area contributed by atoms with E-state index in [4.69, 9.17) is 21.1 Å². The number of ether oxygens (including phenoxy) is 2. The summed E-state index contributed by atoms with van der Waals surface area (Å²) < 4.78 is 25.4. The number of rotatable bonds is 3. The van der Waals surface area contributed by atoms with Gasteiger partial charge in [-0.15, -0.1) is 0 Å². The lowest BCUT2D eigenvalue weighted by molar-refractivity contribution is -0.0361. The Bertz CT molecular complexity index is 1040. The van der Waals surface area contributed by atoms with Crippen molar-refractivity contribution in [1.82, 2.24) is 10.2 Å². The van der Waals surface area contributed by atoms with Gasteiger partial charge in [-0.2, -0.15) is 0 Å². The van der Waals surface area contributed by atoms with Gasteiger partial charge in [-0.25, -0.2) is 9.18 Å². The highest BCUT2D eigenvalue weighted by molar-refractivity contribution is 6.33. The Hall–Kier alpha value is -2.31. The lowest BCUT2D eigenvalue weighted by Crippen LogP contribution is -2.53. The van der Waals surface area contributed by atoms with Gasteiger partial charge >= 0.3 is 6.09 Å². The number of hydrogen-bond acceptors (Lipinski definition) is 4. The molecule has 2 bridgehead atoms. The molecule has 4 heterocycles. The van der Waals surface area contributed by atoms with Gasteiger partial charge in [0.25, 0.3) is 0 Å². The summed E-state index contributed by atoms with van der Waals surface area (Å²) in [7, 11) is 0. The molecule has 1 amide bonds. The van der Waals surface area contributed by atoms with Crippen LogP contribution >= 0.6 is 11.6 Å². The lowest BCUT2D eigenvalue weighted by atomic mass is 9.78. The van der Waals surface area contributed by atoms with Crippen molar-refractivity contribution in [2.24, 2.45) is 11.3 Å². The standard InChI is InChI=1S/C25H28ClFN2O3/c1-25(2)14-31-21-11-16(18-6-4-17(27)12-20(18)26)3-5-19(21)23(25)28-24(30)32-22-13-29-9-7-15(22)8-10-29/h3-6,11-12,15,22-23H,7-10,13-14H2,1-2H3,(H,28,30)/t22-,23?/m0/s1. The molecule has 2 aromatic rings. The molecule has 1 N–H and O–H groups in total. The lowest BCUT2D eigenvalue weighted by Gasteiger charge is -2.44. The minimum absolute atomic E-state index is 0.0390. The van der Waals surface area contributed by atoms with E-state index in [0.29, 0.717) is 23.3 Å². The highest BCUT2D eigenvalue weighted by Gasteiger charge is 2.41. The van der Waals surface area contributed by atoms with Gasteiger partial charge in [0.2, 0.25) is 0 Å². The van der Waals surface area contributed by atoms with E-state index >= 15 is 0 Å². The maximum Gasteiger partial charge on any atom is 0.407 e. The Morgan fingerprint density at radius 1 is 1.22 bits per heavy atom. The van der Waals surface area contributed by atoms with Crippen molar-refractivity contribution in [1.29, 1.82) is 0 Å². The van der Waals surface area contributed by atoms with Crippen molar-refractivity contribution in [2.45, 2.75) is 38.8 Å². The molecular weight excluding hydrogens is 431 g/mol. The Morgan fingerprint density at radius 3 is 2.69 bits per heavy atom. The number of benzene rings is 2. The van der Waals surface area contributed by atoms with Crippen LogP contribution in [-0.2, 0) is 4.74 Å². The molecule has 0 aliphatic carbocycles. The van der Waals surface area contributed by atoms with E-state index in [2.05, 4.69) is 24.1 Å². The highest BCUT2D eigenvalue weighted by Crippen LogP contribution is 2.45.